The van der Waals surface area contributed by atoms with Crippen molar-refractivity contribution in [2.24, 2.45) is 7.05 Å². The molecule has 7 heteroatoms. The number of aryl methyl sites for hydroxylation is 1. The highest BCUT2D eigenvalue weighted by molar-refractivity contribution is 5.75. The maximum Gasteiger partial charge on any atom is 0.325 e. The van der Waals surface area contributed by atoms with E-state index in [-0.39, 0.29) is 12.5 Å². The number of esters is 1. The van der Waals surface area contributed by atoms with Crippen LogP contribution < -0.4 is 10.1 Å². The SMILES string of the molecule is COCCOc1nn(C)cc1NCC(=O)OC. The number of ether oxygens (including phenoxy) is 3. The summed E-state index contributed by atoms with van der Waals surface area (Å²) in [6, 6.07) is 0. The summed E-state index contributed by atoms with van der Waals surface area (Å²) in [5, 5.41) is 7.00. The van der Waals surface area contributed by atoms with Gasteiger partial charge in [-0.05, 0) is 0 Å². The number of carbonyl (C=O) groups is 1. The van der Waals surface area contributed by atoms with Crippen LogP contribution in [0.25, 0.3) is 0 Å². The van der Waals surface area contributed by atoms with E-state index < -0.39 is 0 Å². The molecule has 0 fully saturated rings. The Morgan fingerprint density at radius 2 is 2.24 bits per heavy atom. The number of hydrogen-bond acceptors (Lipinski definition) is 6. The highest BCUT2D eigenvalue weighted by Gasteiger charge is 2.10. The Balaban J connectivity index is 2.54. The molecule has 0 atom stereocenters. The van der Waals surface area contributed by atoms with Crippen molar-refractivity contribution < 1.29 is 19.0 Å². The third-order valence-electron chi connectivity index (χ3n) is 1.97. The Bertz CT molecular complexity index is 364. The number of carbonyl (C=O) groups excluding carboxylic acids is 1. The summed E-state index contributed by atoms with van der Waals surface area (Å²) < 4.78 is 16.4. The molecule has 0 spiro atoms. The molecule has 1 N–H and O–H groups in total. The fraction of sp³-hybridized carbons (Fsp3) is 0.600. The van der Waals surface area contributed by atoms with Crippen LogP contribution in [0.4, 0.5) is 5.69 Å². The average Bonchev–Trinajstić information content (AvgIpc) is 2.67. The lowest BCUT2D eigenvalue weighted by Gasteiger charge is -2.06. The summed E-state index contributed by atoms with van der Waals surface area (Å²) in [6.45, 7) is 0.955. The van der Waals surface area contributed by atoms with E-state index >= 15 is 0 Å². The van der Waals surface area contributed by atoms with Crippen molar-refractivity contribution in [3.8, 4) is 5.88 Å². The lowest BCUT2D eigenvalue weighted by molar-refractivity contribution is -0.138. The standard InChI is InChI=1S/C10H17N3O4/c1-13-7-8(11-6-9(14)16-3)10(12-13)17-5-4-15-2/h7,11H,4-6H2,1-3H3. The molecule has 0 unspecified atom stereocenters. The van der Waals surface area contributed by atoms with E-state index in [1.807, 2.05) is 0 Å². The maximum atomic E-state index is 11.0. The van der Waals surface area contributed by atoms with Gasteiger partial charge in [-0.25, -0.2) is 0 Å². The molecule has 0 radical (unpaired) electrons. The molecule has 1 rings (SSSR count). The molecule has 0 aliphatic carbocycles. The number of hydrogen-bond donors (Lipinski definition) is 1. The average molecular weight is 243 g/mol. The van der Waals surface area contributed by atoms with Crippen LogP contribution in [-0.2, 0) is 21.3 Å². The molecule has 0 bridgehead atoms. The van der Waals surface area contributed by atoms with Gasteiger partial charge >= 0.3 is 5.97 Å². The molecule has 0 aliphatic heterocycles. The minimum atomic E-state index is -0.350. The number of methoxy groups -OCH3 is 2. The number of anilines is 1. The second-order valence-corrected chi connectivity index (χ2v) is 3.29. The first-order chi connectivity index (χ1) is 8.17. The minimum absolute atomic E-state index is 0.0723. The van der Waals surface area contributed by atoms with Gasteiger partial charge in [-0.15, -0.1) is 5.10 Å². The zero-order valence-electron chi connectivity index (χ0n) is 10.2. The summed E-state index contributed by atoms with van der Waals surface area (Å²) in [6.07, 6.45) is 1.73. The highest BCUT2D eigenvalue weighted by atomic mass is 16.5. The largest absolute Gasteiger partial charge is 0.473 e. The van der Waals surface area contributed by atoms with Gasteiger partial charge in [-0.1, -0.05) is 0 Å². The summed E-state index contributed by atoms with van der Waals surface area (Å²) >= 11 is 0. The van der Waals surface area contributed by atoms with Crippen molar-refractivity contribution >= 4 is 11.7 Å². The summed E-state index contributed by atoms with van der Waals surface area (Å²) in [5.74, 6) is 0.0881. The van der Waals surface area contributed by atoms with Crippen molar-refractivity contribution in [2.75, 3.05) is 39.3 Å². The topological polar surface area (TPSA) is 74.6 Å². The Hall–Kier alpha value is -1.76. The second-order valence-electron chi connectivity index (χ2n) is 3.29. The monoisotopic (exact) mass is 243 g/mol. The highest BCUT2D eigenvalue weighted by Crippen LogP contribution is 2.21. The smallest absolute Gasteiger partial charge is 0.325 e. The van der Waals surface area contributed by atoms with E-state index in [0.717, 1.165) is 0 Å². The van der Waals surface area contributed by atoms with E-state index in [9.17, 15) is 4.79 Å². The zero-order chi connectivity index (χ0) is 12.7. The molecule has 7 nitrogen and oxygen atoms in total. The molecule has 0 saturated heterocycles. The first kappa shape index (κ1) is 13.3. The maximum absolute atomic E-state index is 11.0. The van der Waals surface area contributed by atoms with Crippen LogP contribution in [0.15, 0.2) is 6.20 Å². The van der Waals surface area contributed by atoms with Gasteiger partial charge in [-0.2, -0.15) is 0 Å². The Morgan fingerprint density at radius 3 is 2.88 bits per heavy atom. The van der Waals surface area contributed by atoms with Gasteiger partial charge in [-0.3, -0.25) is 9.48 Å². The van der Waals surface area contributed by atoms with E-state index in [0.29, 0.717) is 24.8 Å². The quantitative estimate of drug-likeness (QED) is 0.538. The van der Waals surface area contributed by atoms with E-state index in [1.165, 1.54) is 7.11 Å². The molecule has 1 aromatic heterocycles. The summed E-state index contributed by atoms with van der Waals surface area (Å²) in [5.41, 5.74) is 0.647. The van der Waals surface area contributed by atoms with E-state index in [4.69, 9.17) is 9.47 Å². The van der Waals surface area contributed by atoms with Gasteiger partial charge in [0.15, 0.2) is 0 Å². The molecule has 1 aromatic rings. The lowest BCUT2D eigenvalue weighted by Crippen LogP contribution is -2.15. The number of nitrogens with one attached hydrogen (secondary N) is 1. The molecular weight excluding hydrogens is 226 g/mol. The van der Waals surface area contributed by atoms with Crippen LogP contribution in [0, 0.1) is 0 Å². The van der Waals surface area contributed by atoms with Crippen molar-refractivity contribution in [3.63, 3.8) is 0 Å². The molecule has 0 aromatic carbocycles. The van der Waals surface area contributed by atoms with Crippen LogP contribution in [0.1, 0.15) is 0 Å². The first-order valence-corrected chi connectivity index (χ1v) is 5.13. The number of aromatic nitrogens is 2. The molecular formula is C10H17N3O4. The fourth-order valence-electron chi connectivity index (χ4n) is 1.16. The number of nitrogens with zero attached hydrogens (tertiary/aromatic N) is 2. The third kappa shape index (κ3) is 4.31. The molecule has 96 valence electrons. The molecule has 1 heterocycles. The first-order valence-electron chi connectivity index (χ1n) is 5.13. The lowest BCUT2D eigenvalue weighted by atomic mass is 10.5. The van der Waals surface area contributed by atoms with E-state index in [1.54, 1.807) is 25.0 Å². The van der Waals surface area contributed by atoms with Crippen LogP contribution in [-0.4, -0.2) is 49.7 Å². The van der Waals surface area contributed by atoms with Crippen LogP contribution >= 0.6 is 0 Å². The zero-order valence-corrected chi connectivity index (χ0v) is 10.2. The predicted molar refractivity (Wildman–Crippen MR) is 61.1 cm³/mol. The normalized spacial score (nSPS) is 10.1. The molecule has 0 aliphatic rings. The van der Waals surface area contributed by atoms with Gasteiger partial charge in [0.2, 0.25) is 0 Å². The number of rotatable bonds is 7. The van der Waals surface area contributed by atoms with Crippen LogP contribution in [0.3, 0.4) is 0 Å². The van der Waals surface area contributed by atoms with Crippen molar-refractivity contribution in [3.05, 3.63) is 6.20 Å². The minimum Gasteiger partial charge on any atom is -0.473 e. The fourth-order valence-corrected chi connectivity index (χ4v) is 1.16. The second kappa shape index (κ2) is 6.74. The van der Waals surface area contributed by atoms with Crippen molar-refractivity contribution in [1.82, 2.24) is 9.78 Å². The summed E-state index contributed by atoms with van der Waals surface area (Å²) in [4.78, 5) is 11.0. The Morgan fingerprint density at radius 1 is 1.47 bits per heavy atom. The van der Waals surface area contributed by atoms with Crippen molar-refractivity contribution in [2.45, 2.75) is 0 Å². The van der Waals surface area contributed by atoms with Crippen LogP contribution in [0.2, 0.25) is 0 Å². The summed E-state index contributed by atoms with van der Waals surface area (Å²) in [7, 11) is 4.70. The predicted octanol–water partition coefficient (Wildman–Crippen LogP) is 0.0302. The van der Waals surface area contributed by atoms with Gasteiger partial charge in [0.25, 0.3) is 5.88 Å². The van der Waals surface area contributed by atoms with Gasteiger partial charge in [0, 0.05) is 14.2 Å². The van der Waals surface area contributed by atoms with Crippen LogP contribution in [0.5, 0.6) is 5.88 Å². The molecule has 0 amide bonds. The Kier molecular flexibility index (Phi) is 5.28. The third-order valence-corrected chi connectivity index (χ3v) is 1.97. The molecule has 0 saturated carbocycles. The van der Waals surface area contributed by atoms with Gasteiger partial charge in [0.1, 0.15) is 18.8 Å². The van der Waals surface area contributed by atoms with Gasteiger partial charge < -0.3 is 19.5 Å². The van der Waals surface area contributed by atoms with E-state index in [2.05, 4.69) is 15.2 Å². The van der Waals surface area contributed by atoms with Gasteiger partial charge in [0.05, 0.1) is 19.9 Å². The molecule has 17 heavy (non-hydrogen) atoms. The van der Waals surface area contributed by atoms with Crippen molar-refractivity contribution in [1.29, 1.82) is 0 Å². The Labute approximate surface area is 99.6 Å².